The van der Waals surface area contributed by atoms with Gasteiger partial charge in [0.2, 0.25) is 0 Å². The van der Waals surface area contributed by atoms with Crippen LogP contribution < -0.4 is 16.6 Å². The quantitative estimate of drug-likeness (QED) is 0.635. The van der Waals surface area contributed by atoms with Crippen LogP contribution in [0.1, 0.15) is 17.5 Å². The summed E-state index contributed by atoms with van der Waals surface area (Å²) in [5, 5.41) is 12.8. The Morgan fingerprint density at radius 1 is 1.45 bits per heavy atom. The van der Waals surface area contributed by atoms with Crippen molar-refractivity contribution in [3.05, 3.63) is 57.1 Å². The largest absolute Gasteiger partial charge is 0.383 e. The Bertz CT molecular complexity index is 732. The maximum atomic E-state index is 11.9. The number of aromatic nitrogens is 2. The van der Waals surface area contributed by atoms with Crippen LogP contribution in [0.15, 0.2) is 35.1 Å². The molecule has 7 nitrogen and oxygen atoms in total. The van der Waals surface area contributed by atoms with Crippen molar-refractivity contribution in [1.29, 1.82) is 0 Å². The van der Waals surface area contributed by atoms with Crippen molar-refractivity contribution in [3.63, 3.8) is 0 Å². The van der Waals surface area contributed by atoms with Crippen molar-refractivity contribution in [2.75, 3.05) is 12.3 Å². The van der Waals surface area contributed by atoms with E-state index in [0.717, 1.165) is 0 Å². The van der Waals surface area contributed by atoms with Crippen LogP contribution in [0.4, 0.5) is 5.82 Å². The van der Waals surface area contributed by atoms with Crippen LogP contribution in [-0.4, -0.2) is 27.5 Å². The fraction of sp³-hybridized carbons (Fsp3) is 0.214. The number of hydrogen-bond acceptors (Lipinski definition) is 5. The molecule has 8 heteroatoms. The summed E-state index contributed by atoms with van der Waals surface area (Å²) in [5.41, 5.74) is 5.43. The lowest BCUT2D eigenvalue weighted by Gasteiger charge is -2.12. The normalized spacial score (nSPS) is 11.9. The van der Waals surface area contributed by atoms with E-state index in [1.54, 1.807) is 24.3 Å². The lowest BCUT2D eigenvalue weighted by Crippen LogP contribution is -2.31. The van der Waals surface area contributed by atoms with Gasteiger partial charge in [-0.3, -0.25) is 9.59 Å². The second kappa shape index (κ2) is 7.06. The third-order valence-electron chi connectivity index (χ3n) is 2.92. The van der Waals surface area contributed by atoms with Crippen LogP contribution in [0.5, 0.6) is 0 Å². The molecule has 116 valence electrons. The summed E-state index contributed by atoms with van der Waals surface area (Å²) in [4.78, 5) is 29.5. The first-order valence-electron chi connectivity index (χ1n) is 6.53. The summed E-state index contributed by atoms with van der Waals surface area (Å²) in [7, 11) is 0. The number of aliphatic hydroxyl groups is 1. The first-order valence-corrected chi connectivity index (χ1v) is 6.91. The summed E-state index contributed by atoms with van der Waals surface area (Å²) in [5.74, 6) is -0.113. The van der Waals surface area contributed by atoms with Crippen molar-refractivity contribution in [2.45, 2.75) is 12.5 Å². The van der Waals surface area contributed by atoms with Gasteiger partial charge in [-0.25, -0.2) is 4.98 Å². The molecule has 0 unspecified atom stereocenters. The van der Waals surface area contributed by atoms with Crippen molar-refractivity contribution in [1.82, 2.24) is 15.3 Å². The summed E-state index contributed by atoms with van der Waals surface area (Å²) in [6.07, 6.45) is -1.08. The summed E-state index contributed by atoms with van der Waals surface area (Å²) in [6.45, 7) is 0.187. The Labute approximate surface area is 131 Å². The third kappa shape index (κ3) is 4.06. The van der Waals surface area contributed by atoms with Crippen LogP contribution in [-0.2, 0) is 11.2 Å². The molecule has 0 aliphatic heterocycles. The molecule has 0 radical (unpaired) electrons. The standard InChI is InChI=1S/C14H15ClN4O3/c15-9-4-2-1-3-8(9)13(21)14(22)17-6-5-11-18-10(16)7-12(20)19-11/h1-4,7,13,21H,5-6H2,(H,17,22)(H3,16,18,19,20)/t13-/m0/s1. The molecule has 0 bridgehead atoms. The second-order valence-electron chi connectivity index (χ2n) is 4.58. The van der Waals surface area contributed by atoms with E-state index in [2.05, 4.69) is 15.3 Å². The molecule has 1 aromatic heterocycles. The maximum absolute atomic E-state index is 11.9. The number of nitrogen functional groups attached to an aromatic ring is 1. The molecule has 0 saturated heterocycles. The van der Waals surface area contributed by atoms with E-state index in [4.69, 9.17) is 17.3 Å². The van der Waals surface area contributed by atoms with Gasteiger partial charge >= 0.3 is 0 Å². The highest BCUT2D eigenvalue weighted by Gasteiger charge is 2.19. The Morgan fingerprint density at radius 2 is 2.18 bits per heavy atom. The van der Waals surface area contributed by atoms with E-state index in [1.807, 2.05) is 0 Å². The van der Waals surface area contributed by atoms with Crippen molar-refractivity contribution < 1.29 is 9.90 Å². The Balaban J connectivity index is 1.93. The molecule has 2 rings (SSSR count). The number of halogens is 1. The van der Waals surface area contributed by atoms with Gasteiger partial charge in [0.1, 0.15) is 11.6 Å². The number of aromatic amines is 1. The minimum Gasteiger partial charge on any atom is -0.383 e. The maximum Gasteiger partial charge on any atom is 0.253 e. The SMILES string of the molecule is Nc1cc(=O)[nH]c(CCNC(=O)[C@@H](O)c2ccccc2Cl)n1. The lowest BCUT2D eigenvalue weighted by atomic mass is 10.1. The van der Waals surface area contributed by atoms with Gasteiger partial charge in [0.15, 0.2) is 6.10 Å². The topological polar surface area (TPSA) is 121 Å². The molecule has 1 heterocycles. The molecule has 1 atom stereocenters. The number of carbonyl (C=O) groups excluding carboxylic acids is 1. The molecule has 0 spiro atoms. The number of nitrogens with one attached hydrogen (secondary N) is 2. The van der Waals surface area contributed by atoms with E-state index in [9.17, 15) is 14.7 Å². The predicted molar refractivity (Wildman–Crippen MR) is 82.4 cm³/mol. The number of aliphatic hydroxyl groups excluding tert-OH is 1. The lowest BCUT2D eigenvalue weighted by molar-refractivity contribution is -0.129. The molecule has 0 aliphatic rings. The molecule has 1 amide bonds. The van der Waals surface area contributed by atoms with Crippen molar-refractivity contribution in [3.8, 4) is 0 Å². The minimum absolute atomic E-state index is 0.112. The number of hydrogen-bond donors (Lipinski definition) is 4. The first-order chi connectivity index (χ1) is 10.5. The van der Waals surface area contributed by atoms with Crippen LogP contribution >= 0.6 is 11.6 Å². The summed E-state index contributed by atoms with van der Waals surface area (Å²) in [6, 6.07) is 7.72. The molecule has 0 saturated carbocycles. The fourth-order valence-corrected chi connectivity index (χ4v) is 2.13. The average Bonchev–Trinajstić information content (AvgIpc) is 2.46. The second-order valence-corrected chi connectivity index (χ2v) is 4.99. The zero-order valence-electron chi connectivity index (χ0n) is 11.5. The third-order valence-corrected chi connectivity index (χ3v) is 3.26. The molecule has 0 aliphatic carbocycles. The predicted octanol–water partition coefficient (Wildman–Crippen LogP) is 0.398. The van der Waals surface area contributed by atoms with Crippen molar-refractivity contribution in [2.24, 2.45) is 0 Å². The van der Waals surface area contributed by atoms with Gasteiger partial charge in [-0.2, -0.15) is 0 Å². The van der Waals surface area contributed by atoms with E-state index in [1.165, 1.54) is 6.07 Å². The number of H-pyrrole nitrogens is 1. The first kappa shape index (κ1) is 16.0. The fourth-order valence-electron chi connectivity index (χ4n) is 1.89. The van der Waals surface area contributed by atoms with Gasteiger partial charge in [0.25, 0.3) is 11.5 Å². The zero-order chi connectivity index (χ0) is 16.1. The molecular formula is C14H15ClN4O3. The summed E-state index contributed by atoms with van der Waals surface area (Å²) >= 11 is 5.92. The highest BCUT2D eigenvalue weighted by Crippen LogP contribution is 2.22. The molecule has 5 N–H and O–H groups in total. The molecule has 2 aromatic rings. The van der Waals surface area contributed by atoms with Gasteiger partial charge in [0, 0.05) is 29.6 Å². The monoisotopic (exact) mass is 322 g/mol. The molecular weight excluding hydrogens is 308 g/mol. The van der Waals surface area contributed by atoms with Crippen LogP contribution in [0.2, 0.25) is 5.02 Å². The van der Waals surface area contributed by atoms with Gasteiger partial charge in [0.05, 0.1) is 0 Å². The highest BCUT2D eigenvalue weighted by molar-refractivity contribution is 6.31. The number of nitrogens with two attached hydrogens (primary N) is 1. The molecule has 1 aromatic carbocycles. The number of amides is 1. The number of benzene rings is 1. The number of carbonyl (C=O) groups is 1. The van der Waals surface area contributed by atoms with E-state index < -0.39 is 12.0 Å². The molecule has 22 heavy (non-hydrogen) atoms. The van der Waals surface area contributed by atoms with Gasteiger partial charge in [-0.1, -0.05) is 29.8 Å². The van der Waals surface area contributed by atoms with E-state index >= 15 is 0 Å². The average molecular weight is 323 g/mol. The van der Waals surface area contributed by atoms with Crippen LogP contribution in [0.25, 0.3) is 0 Å². The Hall–Kier alpha value is -2.38. The molecule has 0 fully saturated rings. The van der Waals surface area contributed by atoms with Crippen LogP contribution in [0, 0.1) is 0 Å². The summed E-state index contributed by atoms with van der Waals surface area (Å²) < 4.78 is 0. The van der Waals surface area contributed by atoms with Gasteiger partial charge in [-0.05, 0) is 6.07 Å². The van der Waals surface area contributed by atoms with Crippen molar-refractivity contribution >= 4 is 23.3 Å². The number of nitrogens with zero attached hydrogens (tertiary/aromatic N) is 1. The minimum atomic E-state index is -1.36. The zero-order valence-corrected chi connectivity index (χ0v) is 12.3. The highest BCUT2D eigenvalue weighted by atomic mass is 35.5. The van der Waals surface area contributed by atoms with Gasteiger partial charge in [-0.15, -0.1) is 0 Å². The Kier molecular flexibility index (Phi) is 5.13. The van der Waals surface area contributed by atoms with E-state index in [-0.39, 0.29) is 24.3 Å². The van der Waals surface area contributed by atoms with E-state index in [0.29, 0.717) is 16.4 Å². The van der Waals surface area contributed by atoms with Gasteiger partial charge < -0.3 is 21.1 Å². The van der Waals surface area contributed by atoms with Crippen LogP contribution in [0.3, 0.4) is 0 Å². The Morgan fingerprint density at radius 3 is 2.86 bits per heavy atom. The smallest absolute Gasteiger partial charge is 0.253 e. The number of rotatable bonds is 5. The number of anilines is 1.